The molecule has 3 aromatic rings. The Labute approximate surface area is 184 Å². The first kappa shape index (κ1) is 21.4. The Hall–Kier alpha value is -3.87. The highest BCUT2D eigenvalue weighted by Crippen LogP contribution is 2.28. The van der Waals surface area contributed by atoms with Crippen molar-refractivity contribution in [2.24, 2.45) is 0 Å². The summed E-state index contributed by atoms with van der Waals surface area (Å²) in [5, 5.41) is 9.08. The van der Waals surface area contributed by atoms with Crippen LogP contribution in [0.15, 0.2) is 35.4 Å². The maximum absolute atomic E-state index is 13.6. The summed E-state index contributed by atoms with van der Waals surface area (Å²) in [5.41, 5.74) is 7.06. The molecule has 1 atom stereocenters. The molecule has 2 aromatic heterocycles. The number of likely N-dealkylation sites (tertiary alicyclic amines) is 1. The van der Waals surface area contributed by atoms with Crippen molar-refractivity contribution in [3.63, 3.8) is 0 Å². The van der Waals surface area contributed by atoms with E-state index in [0.29, 0.717) is 41.9 Å². The predicted octanol–water partition coefficient (Wildman–Crippen LogP) is 2.61. The highest BCUT2D eigenvalue weighted by Gasteiger charge is 2.31. The standard InChI is InChI=1S/C22H25N7O3/c1-22(2,3)32-21(31)27-10-4-5-16(12-27)29-19-17(18(24)25-13-26-19)28(20(29)30)15-8-6-14(11-23)7-9-15/h6-9,13,16H,4-5,10,12H2,1-3H3,(H2,24,25,26). The van der Waals surface area contributed by atoms with Gasteiger partial charge in [-0.1, -0.05) is 0 Å². The molecule has 0 spiro atoms. The van der Waals surface area contributed by atoms with Crippen LogP contribution in [0.25, 0.3) is 16.9 Å². The summed E-state index contributed by atoms with van der Waals surface area (Å²) in [6.07, 6.45) is 2.35. The van der Waals surface area contributed by atoms with Crippen LogP contribution in [0.5, 0.6) is 0 Å². The lowest BCUT2D eigenvalue weighted by Gasteiger charge is -2.34. The van der Waals surface area contributed by atoms with Gasteiger partial charge < -0.3 is 15.4 Å². The van der Waals surface area contributed by atoms with Crippen LogP contribution in [0.4, 0.5) is 10.6 Å². The van der Waals surface area contributed by atoms with Gasteiger partial charge in [-0.2, -0.15) is 5.26 Å². The quantitative estimate of drug-likeness (QED) is 0.654. The van der Waals surface area contributed by atoms with E-state index in [1.54, 1.807) is 33.7 Å². The zero-order chi connectivity index (χ0) is 23.0. The van der Waals surface area contributed by atoms with Crippen LogP contribution >= 0.6 is 0 Å². The summed E-state index contributed by atoms with van der Waals surface area (Å²) in [6.45, 7) is 6.35. The third-order valence-electron chi connectivity index (χ3n) is 5.35. The van der Waals surface area contributed by atoms with Crippen molar-refractivity contribution in [2.75, 3.05) is 18.8 Å². The van der Waals surface area contributed by atoms with Gasteiger partial charge in [-0.25, -0.2) is 19.6 Å². The smallest absolute Gasteiger partial charge is 0.410 e. The number of nitrogens with zero attached hydrogens (tertiary/aromatic N) is 6. The molecule has 1 aliphatic heterocycles. The lowest BCUT2D eigenvalue weighted by Crippen LogP contribution is -2.45. The molecule has 2 N–H and O–H groups in total. The van der Waals surface area contributed by atoms with Gasteiger partial charge in [0.25, 0.3) is 0 Å². The molecule has 3 heterocycles. The number of carbonyl (C=O) groups is 1. The third kappa shape index (κ3) is 3.89. The van der Waals surface area contributed by atoms with E-state index in [9.17, 15) is 9.59 Å². The highest BCUT2D eigenvalue weighted by atomic mass is 16.6. The molecule has 0 radical (unpaired) electrons. The molecule has 4 rings (SSSR count). The number of nitriles is 1. The summed E-state index contributed by atoms with van der Waals surface area (Å²) >= 11 is 0. The number of anilines is 1. The number of amides is 1. The number of rotatable bonds is 2. The normalized spacial score (nSPS) is 16.7. The summed E-state index contributed by atoms with van der Waals surface area (Å²) in [4.78, 5) is 36.3. The van der Waals surface area contributed by atoms with Gasteiger partial charge in [0.15, 0.2) is 11.5 Å². The number of carbonyl (C=O) groups excluding carboxylic acids is 1. The first-order chi connectivity index (χ1) is 15.2. The molecule has 0 bridgehead atoms. The van der Waals surface area contributed by atoms with Crippen LogP contribution in [0, 0.1) is 11.3 Å². The van der Waals surface area contributed by atoms with Gasteiger partial charge in [-0.3, -0.25) is 9.13 Å². The van der Waals surface area contributed by atoms with E-state index < -0.39 is 11.7 Å². The minimum absolute atomic E-state index is 0.176. The molecule has 1 amide bonds. The summed E-state index contributed by atoms with van der Waals surface area (Å²) in [6, 6.07) is 8.41. The van der Waals surface area contributed by atoms with Crippen molar-refractivity contribution in [3.05, 3.63) is 46.6 Å². The minimum Gasteiger partial charge on any atom is -0.444 e. The van der Waals surface area contributed by atoms with E-state index in [2.05, 4.69) is 16.0 Å². The maximum Gasteiger partial charge on any atom is 0.410 e. The average molecular weight is 435 g/mol. The van der Waals surface area contributed by atoms with E-state index in [1.807, 2.05) is 20.8 Å². The minimum atomic E-state index is -0.603. The Morgan fingerprint density at radius 2 is 1.97 bits per heavy atom. The molecule has 1 aromatic carbocycles. The Bertz CT molecular complexity index is 1260. The van der Waals surface area contributed by atoms with E-state index >= 15 is 0 Å². The molecule has 32 heavy (non-hydrogen) atoms. The molecule has 0 saturated carbocycles. The lowest BCUT2D eigenvalue weighted by molar-refractivity contribution is 0.0172. The SMILES string of the molecule is CC(C)(C)OC(=O)N1CCCC(n2c(=O)n(-c3ccc(C#N)cc3)c3c(N)ncnc32)C1. The van der Waals surface area contributed by atoms with Gasteiger partial charge in [-0.15, -0.1) is 0 Å². The van der Waals surface area contributed by atoms with Gasteiger partial charge in [-0.05, 0) is 57.9 Å². The number of hydrogen-bond acceptors (Lipinski definition) is 7. The molecule has 10 nitrogen and oxygen atoms in total. The fourth-order valence-electron chi connectivity index (χ4n) is 3.98. The maximum atomic E-state index is 13.6. The summed E-state index contributed by atoms with van der Waals surface area (Å²) < 4.78 is 8.56. The van der Waals surface area contributed by atoms with Gasteiger partial charge in [0, 0.05) is 13.1 Å². The fourth-order valence-corrected chi connectivity index (χ4v) is 3.98. The Morgan fingerprint density at radius 1 is 1.25 bits per heavy atom. The zero-order valence-corrected chi connectivity index (χ0v) is 18.3. The highest BCUT2D eigenvalue weighted by molar-refractivity contribution is 5.84. The number of ether oxygens (including phenoxy) is 1. The number of imidazole rings is 1. The van der Waals surface area contributed by atoms with Crippen molar-refractivity contribution in [3.8, 4) is 11.8 Å². The Morgan fingerprint density at radius 3 is 2.62 bits per heavy atom. The molecule has 166 valence electrons. The largest absolute Gasteiger partial charge is 0.444 e. The zero-order valence-electron chi connectivity index (χ0n) is 18.3. The topological polar surface area (TPSA) is 132 Å². The second-order valence-corrected chi connectivity index (χ2v) is 8.80. The van der Waals surface area contributed by atoms with Crippen LogP contribution in [-0.2, 0) is 4.74 Å². The molecule has 1 aliphatic rings. The van der Waals surface area contributed by atoms with Crippen LogP contribution < -0.4 is 11.4 Å². The Kier molecular flexibility index (Phi) is 5.34. The predicted molar refractivity (Wildman–Crippen MR) is 118 cm³/mol. The van der Waals surface area contributed by atoms with Gasteiger partial charge >= 0.3 is 11.8 Å². The average Bonchev–Trinajstić information content (AvgIpc) is 3.06. The molecule has 1 saturated heterocycles. The van der Waals surface area contributed by atoms with E-state index in [1.165, 1.54) is 10.9 Å². The van der Waals surface area contributed by atoms with E-state index in [-0.39, 0.29) is 17.5 Å². The first-order valence-electron chi connectivity index (χ1n) is 10.4. The monoisotopic (exact) mass is 435 g/mol. The van der Waals surface area contributed by atoms with Crippen LogP contribution in [0.2, 0.25) is 0 Å². The van der Waals surface area contributed by atoms with Crippen LogP contribution in [0.1, 0.15) is 45.2 Å². The number of hydrogen-bond donors (Lipinski definition) is 1. The summed E-state index contributed by atoms with van der Waals surface area (Å²) in [7, 11) is 0. The summed E-state index contributed by atoms with van der Waals surface area (Å²) in [5.74, 6) is 0.176. The Balaban J connectivity index is 1.79. The van der Waals surface area contributed by atoms with E-state index in [0.717, 1.165) is 6.42 Å². The number of piperidine rings is 1. The van der Waals surface area contributed by atoms with Gasteiger partial charge in [0.05, 0.1) is 23.4 Å². The third-order valence-corrected chi connectivity index (χ3v) is 5.35. The number of fused-ring (bicyclic) bond motifs is 1. The molecular formula is C22H25N7O3. The van der Waals surface area contributed by atoms with Crippen molar-refractivity contribution in [2.45, 2.75) is 45.3 Å². The van der Waals surface area contributed by atoms with Gasteiger partial charge in [0.2, 0.25) is 0 Å². The number of aromatic nitrogens is 4. The second kappa shape index (κ2) is 8.00. The van der Waals surface area contributed by atoms with Crippen LogP contribution in [-0.4, -0.2) is 48.8 Å². The van der Waals surface area contributed by atoms with Crippen molar-refractivity contribution < 1.29 is 9.53 Å². The van der Waals surface area contributed by atoms with Crippen molar-refractivity contribution >= 4 is 23.1 Å². The number of benzene rings is 1. The number of nitrogens with two attached hydrogens (primary N) is 1. The van der Waals surface area contributed by atoms with Crippen LogP contribution in [0.3, 0.4) is 0 Å². The van der Waals surface area contributed by atoms with E-state index in [4.69, 9.17) is 15.7 Å². The second-order valence-electron chi connectivity index (χ2n) is 8.80. The molecule has 10 heteroatoms. The fraction of sp³-hybridized carbons (Fsp3) is 0.409. The molecule has 1 fully saturated rings. The number of nitrogen functional groups attached to an aromatic ring is 1. The van der Waals surface area contributed by atoms with Crippen molar-refractivity contribution in [1.82, 2.24) is 24.0 Å². The van der Waals surface area contributed by atoms with Crippen molar-refractivity contribution in [1.29, 1.82) is 5.26 Å². The van der Waals surface area contributed by atoms with Gasteiger partial charge in [0.1, 0.15) is 17.4 Å². The molecular weight excluding hydrogens is 410 g/mol. The molecule has 0 aliphatic carbocycles. The lowest BCUT2D eigenvalue weighted by atomic mass is 10.1. The molecule has 1 unspecified atom stereocenters. The first-order valence-corrected chi connectivity index (χ1v) is 10.4.